The Balaban J connectivity index is 3.40. The van der Waals surface area contributed by atoms with Gasteiger partial charge in [0, 0.05) is 12.8 Å². The van der Waals surface area contributed by atoms with Crippen LogP contribution >= 0.6 is 0 Å². The monoisotopic (exact) mass is 197 g/mol. The van der Waals surface area contributed by atoms with E-state index in [2.05, 4.69) is 38.8 Å². The third-order valence-corrected chi connectivity index (χ3v) is 1.83. The molecule has 0 rings (SSSR count). The van der Waals surface area contributed by atoms with Crippen molar-refractivity contribution in [2.75, 3.05) is 13.3 Å². The van der Waals surface area contributed by atoms with Crippen LogP contribution in [0.15, 0.2) is 16.6 Å². The van der Waals surface area contributed by atoms with Crippen molar-refractivity contribution in [1.82, 2.24) is 0 Å². The number of hydrogen-bond donors (Lipinski definition) is 0. The van der Waals surface area contributed by atoms with E-state index in [-0.39, 0.29) is 0 Å². The molecule has 82 valence electrons. The van der Waals surface area contributed by atoms with Crippen LogP contribution in [0, 0.1) is 5.92 Å². The molecule has 0 bridgehead atoms. The first kappa shape index (κ1) is 13.4. The van der Waals surface area contributed by atoms with Crippen LogP contribution in [0.5, 0.6) is 0 Å². The lowest BCUT2D eigenvalue weighted by Crippen LogP contribution is -1.99. The molecule has 0 aromatic rings. The number of nitrogens with zero attached hydrogens (tertiary/aromatic N) is 1. The van der Waals surface area contributed by atoms with E-state index in [1.54, 1.807) is 0 Å². The van der Waals surface area contributed by atoms with Gasteiger partial charge in [-0.05, 0) is 31.3 Å². The zero-order valence-corrected chi connectivity index (χ0v) is 9.92. The van der Waals surface area contributed by atoms with Gasteiger partial charge in [0.05, 0.1) is 0 Å². The van der Waals surface area contributed by atoms with Gasteiger partial charge in [0.1, 0.15) is 6.73 Å². The molecule has 2 nitrogen and oxygen atoms in total. The van der Waals surface area contributed by atoms with Crippen molar-refractivity contribution in [1.29, 1.82) is 0 Å². The van der Waals surface area contributed by atoms with Gasteiger partial charge in [0.2, 0.25) is 0 Å². The van der Waals surface area contributed by atoms with Crippen LogP contribution in [0.25, 0.3) is 0 Å². The predicted octanol–water partition coefficient (Wildman–Crippen LogP) is 3.43. The van der Waals surface area contributed by atoms with Crippen molar-refractivity contribution < 1.29 is 4.74 Å². The number of rotatable bonds is 7. The molecule has 0 unspecified atom stereocenters. The number of aliphatic imine (C=N–C) groups is 1. The number of hydrogen-bond acceptors (Lipinski definition) is 2. The quantitative estimate of drug-likeness (QED) is 0.452. The second-order valence-corrected chi connectivity index (χ2v) is 3.89. The van der Waals surface area contributed by atoms with Gasteiger partial charge in [0.25, 0.3) is 0 Å². The molecular weight excluding hydrogens is 174 g/mol. The summed E-state index contributed by atoms with van der Waals surface area (Å²) in [5.74, 6) is 0.709. The van der Waals surface area contributed by atoms with Gasteiger partial charge in [-0.3, -0.25) is 4.99 Å². The second kappa shape index (κ2) is 8.95. The van der Waals surface area contributed by atoms with E-state index in [1.807, 2.05) is 6.21 Å². The van der Waals surface area contributed by atoms with Gasteiger partial charge in [-0.25, -0.2) is 0 Å². The lowest BCUT2D eigenvalue weighted by atomic mass is 10.1. The minimum absolute atomic E-state index is 0.488. The van der Waals surface area contributed by atoms with Crippen molar-refractivity contribution in [2.24, 2.45) is 10.9 Å². The maximum Gasteiger partial charge on any atom is 0.137 e. The van der Waals surface area contributed by atoms with E-state index in [0.29, 0.717) is 12.6 Å². The van der Waals surface area contributed by atoms with Crippen LogP contribution < -0.4 is 0 Å². The topological polar surface area (TPSA) is 21.6 Å². The van der Waals surface area contributed by atoms with Crippen molar-refractivity contribution in [3.8, 4) is 0 Å². The molecule has 0 aliphatic rings. The minimum Gasteiger partial charge on any atom is -0.359 e. The third-order valence-electron chi connectivity index (χ3n) is 1.83. The molecule has 0 heterocycles. The fourth-order valence-electron chi connectivity index (χ4n) is 0.992. The Bertz CT molecular complexity index is 183. The SMILES string of the molecule is CC/C=C(/C)C=NCOCCC(C)C. The van der Waals surface area contributed by atoms with Gasteiger partial charge < -0.3 is 4.74 Å². The van der Waals surface area contributed by atoms with Gasteiger partial charge in [-0.2, -0.15) is 0 Å². The molecule has 0 atom stereocenters. The molecule has 14 heavy (non-hydrogen) atoms. The smallest absolute Gasteiger partial charge is 0.137 e. The maximum atomic E-state index is 5.35. The van der Waals surface area contributed by atoms with Gasteiger partial charge in [0.15, 0.2) is 0 Å². The summed E-state index contributed by atoms with van der Waals surface area (Å²) in [5.41, 5.74) is 1.21. The highest BCUT2D eigenvalue weighted by Gasteiger charge is 1.92. The number of ether oxygens (including phenoxy) is 1. The van der Waals surface area contributed by atoms with E-state index in [0.717, 1.165) is 19.4 Å². The molecule has 0 aromatic heterocycles. The Morgan fingerprint density at radius 2 is 2.14 bits per heavy atom. The summed E-state index contributed by atoms with van der Waals surface area (Å²) in [6.45, 7) is 9.87. The van der Waals surface area contributed by atoms with Crippen molar-refractivity contribution >= 4 is 6.21 Å². The Labute approximate surface area is 88.1 Å². The number of allylic oxidation sites excluding steroid dienone is 2. The summed E-state index contributed by atoms with van der Waals surface area (Å²) in [6.07, 6.45) is 6.20. The van der Waals surface area contributed by atoms with E-state index in [1.165, 1.54) is 5.57 Å². The van der Waals surface area contributed by atoms with Gasteiger partial charge in [-0.1, -0.05) is 26.8 Å². The third kappa shape index (κ3) is 9.46. The summed E-state index contributed by atoms with van der Waals surface area (Å²) in [5, 5.41) is 0. The Kier molecular flexibility index (Phi) is 8.54. The summed E-state index contributed by atoms with van der Waals surface area (Å²) in [4.78, 5) is 4.17. The first-order chi connectivity index (χ1) is 6.66. The highest BCUT2D eigenvalue weighted by molar-refractivity contribution is 5.77. The highest BCUT2D eigenvalue weighted by atomic mass is 16.5. The van der Waals surface area contributed by atoms with Gasteiger partial charge in [-0.15, -0.1) is 0 Å². The maximum absolute atomic E-state index is 5.35. The van der Waals surface area contributed by atoms with E-state index in [9.17, 15) is 0 Å². The molecule has 0 aromatic carbocycles. The molecule has 0 aliphatic carbocycles. The van der Waals surface area contributed by atoms with E-state index in [4.69, 9.17) is 4.74 Å². The average molecular weight is 197 g/mol. The molecule has 0 aliphatic heterocycles. The highest BCUT2D eigenvalue weighted by Crippen LogP contribution is 1.98. The van der Waals surface area contributed by atoms with Crippen molar-refractivity contribution in [3.05, 3.63) is 11.6 Å². The Hall–Kier alpha value is -0.630. The zero-order chi connectivity index (χ0) is 10.8. The summed E-state index contributed by atoms with van der Waals surface area (Å²) in [6, 6.07) is 0. The van der Waals surface area contributed by atoms with E-state index >= 15 is 0 Å². The molecule has 2 heteroatoms. The lowest BCUT2D eigenvalue weighted by Gasteiger charge is -2.03. The zero-order valence-electron chi connectivity index (χ0n) is 9.92. The van der Waals surface area contributed by atoms with Crippen LogP contribution in [0.4, 0.5) is 0 Å². The normalized spacial score (nSPS) is 13.1. The van der Waals surface area contributed by atoms with Gasteiger partial charge >= 0.3 is 0 Å². The Morgan fingerprint density at radius 1 is 1.43 bits per heavy atom. The van der Waals surface area contributed by atoms with Crippen LogP contribution in [0.2, 0.25) is 0 Å². The summed E-state index contributed by atoms with van der Waals surface area (Å²) >= 11 is 0. The summed E-state index contributed by atoms with van der Waals surface area (Å²) < 4.78 is 5.35. The van der Waals surface area contributed by atoms with Crippen LogP contribution in [-0.4, -0.2) is 19.6 Å². The second-order valence-electron chi connectivity index (χ2n) is 3.89. The average Bonchev–Trinajstić information content (AvgIpc) is 2.11. The van der Waals surface area contributed by atoms with Crippen LogP contribution in [0.1, 0.15) is 40.5 Å². The molecule has 0 saturated heterocycles. The molecule has 0 radical (unpaired) electrons. The van der Waals surface area contributed by atoms with Crippen molar-refractivity contribution in [2.45, 2.75) is 40.5 Å². The molecule has 0 amide bonds. The summed E-state index contributed by atoms with van der Waals surface area (Å²) in [7, 11) is 0. The Morgan fingerprint density at radius 3 is 2.71 bits per heavy atom. The van der Waals surface area contributed by atoms with Crippen molar-refractivity contribution in [3.63, 3.8) is 0 Å². The molecule has 0 spiro atoms. The molecule has 0 N–H and O–H groups in total. The van der Waals surface area contributed by atoms with E-state index < -0.39 is 0 Å². The van der Waals surface area contributed by atoms with Crippen LogP contribution in [-0.2, 0) is 4.74 Å². The lowest BCUT2D eigenvalue weighted by molar-refractivity contribution is 0.131. The standard InChI is InChI=1S/C12H23NO/c1-5-6-12(4)9-13-10-14-8-7-11(2)3/h6,9,11H,5,7-8,10H2,1-4H3/b12-6-,13-9?. The minimum atomic E-state index is 0.488. The molecule has 0 saturated carbocycles. The largest absolute Gasteiger partial charge is 0.359 e. The fourth-order valence-corrected chi connectivity index (χ4v) is 0.992. The first-order valence-corrected chi connectivity index (χ1v) is 5.41. The molecule has 0 fully saturated rings. The molecular formula is C12H23NO. The van der Waals surface area contributed by atoms with Crippen LogP contribution in [0.3, 0.4) is 0 Å². The predicted molar refractivity (Wildman–Crippen MR) is 62.8 cm³/mol. The fraction of sp³-hybridized carbons (Fsp3) is 0.750. The first-order valence-electron chi connectivity index (χ1n) is 5.41.